The smallest absolute Gasteiger partial charge is 0.349 e. The lowest BCUT2D eigenvalue weighted by atomic mass is 10.3. The van der Waals surface area contributed by atoms with Crippen molar-refractivity contribution in [1.29, 1.82) is 0 Å². The number of halogens is 1. The van der Waals surface area contributed by atoms with Gasteiger partial charge in [0.25, 0.3) is 0 Å². The Hall–Kier alpha value is -2.96. The fraction of sp³-hybridized carbons (Fsp3) is 0.0714. The average molecular weight is 291 g/mol. The molecule has 0 amide bonds. The molecule has 21 heavy (non-hydrogen) atoms. The van der Waals surface area contributed by atoms with E-state index in [1.807, 2.05) is 0 Å². The normalized spacial score (nSPS) is 9.95. The monoisotopic (exact) mass is 291 g/mol. The van der Waals surface area contributed by atoms with E-state index in [4.69, 9.17) is 9.47 Å². The molecule has 0 atom stereocenters. The minimum absolute atomic E-state index is 0.447. The maximum absolute atomic E-state index is 13.1. The van der Waals surface area contributed by atoms with E-state index < -0.39 is 34.8 Å². The molecule has 7 heteroatoms. The Bertz CT molecular complexity index is 660. The van der Waals surface area contributed by atoms with Crippen molar-refractivity contribution in [3.63, 3.8) is 0 Å². The van der Waals surface area contributed by atoms with Crippen LogP contribution in [0.25, 0.3) is 0 Å². The van der Waals surface area contributed by atoms with Crippen molar-refractivity contribution in [2.24, 2.45) is 0 Å². The summed E-state index contributed by atoms with van der Waals surface area (Å²) in [6.45, 7) is -0.447. The Morgan fingerprint density at radius 1 is 1.19 bits per heavy atom. The SMILES string of the molecule is O=C(COc1ccccc1)Oc1cc(F)ccc1[N+](=O)[O-]. The second-order valence-electron chi connectivity index (χ2n) is 3.94. The topological polar surface area (TPSA) is 78.7 Å². The molecule has 0 aromatic heterocycles. The standard InChI is InChI=1S/C14H10FNO5/c15-10-6-7-12(16(18)19)13(8-10)21-14(17)9-20-11-4-2-1-3-5-11/h1-8H,9H2. The van der Waals surface area contributed by atoms with Crippen molar-refractivity contribution in [3.05, 3.63) is 64.5 Å². The summed E-state index contributed by atoms with van der Waals surface area (Å²) in [6, 6.07) is 11.1. The number of para-hydroxylation sites is 1. The molecule has 6 nitrogen and oxygen atoms in total. The predicted molar refractivity (Wildman–Crippen MR) is 70.6 cm³/mol. The zero-order valence-corrected chi connectivity index (χ0v) is 10.7. The molecule has 0 fully saturated rings. The quantitative estimate of drug-likeness (QED) is 0.366. The number of carbonyl (C=O) groups is 1. The highest BCUT2D eigenvalue weighted by molar-refractivity contribution is 5.75. The highest BCUT2D eigenvalue weighted by atomic mass is 19.1. The molecule has 0 saturated carbocycles. The molecular formula is C14H10FNO5. The Morgan fingerprint density at radius 3 is 2.57 bits per heavy atom. The van der Waals surface area contributed by atoms with Crippen LogP contribution in [0.15, 0.2) is 48.5 Å². The number of ether oxygens (including phenoxy) is 2. The number of hydrogen-bond donors (Lipinski definition) is 0. The van der Waals surface area contributed by atoms with Gasteiger partial charge >= 0.3 is 11.7 Å². The zero-order valence-electron chi connectivity index (χ0n) is 10.7. The summed E-state index contributed by atoms with van der Waals surface area (Å²) >= 11 is 0. The first-order valence-electron chi connectivity index (χ1n) is 5.89. The van der Waals surface area contributed by atoms with E-state index in [-0.39, 0.29) is 0 Å². The molecule has 0 bridgehead atoms. The van der Waals surface area contributed by atoms with Crippen LogP contribution in [0.5, 0.6) is 11.5 Å². The summed E-state index contributed by atoms with van der Waals surface area (Å²) in [5.74, 6) is -1.62. The molecule has 0 unspecified atom stereocenters. The van der Waals surface area contributed by atoms with E-state index in [2.05, 4.69) is 0 Å². The summed E-state index contributed by atoms with van der Waals surface area (Å²) in [6.07, 6.45) is 0. The lowest BCUT2D eigenvalue weighted by Gasteiger charge is -2.07. The maximum Gasteiger partial charge on any atom is 0.349 e. The van der Waals surface area contributed by atoms with Crippen LogP contribution in [0, 0.1) is 15.9 Å². The van der Waals surface area contributed by atoms with E-state index in [0.717, 1.165) is 18.2 Å². The molecule has 0 radical (unpaired) electrons. The summed E-state index contributed by atoms with van der Waals surface area (Å²) in [5, 5.41) is 10.8. The second kappa shape index (κ2) is 6.47. The third-order valence-electron chi connectivity index (χ3n) is 2.44. The van der Waals surface area contributed by atoms with Crippen molar-refractivity contribution >= 4 is 11.7 Å². The molecule has 2 aromatic carbocycles. The van der Waals surface area contributed by atoms with E-state index in [9.17, 15) is 19.3 Å². The highest BCUT2D eigenvalue weighted by Gasteiger charge is 2.19. The van der Waals surface area contributed by atoms with Crippen LogP contribution in [0.2, 0.25) is 0 Å². The first-order chi connectivity index (χ1) is 10.1. The molecule has 2 aromatic rings. The van der Waals surface area contributed by atoms with Crippen LogP contribution >= 0.6 is 0 Å². The summed E-state index contributed by atoms with van der Waals surface area (Å²) in [5.41, 5.74) is -0.496. The highest BCUT2D eigenvalue weighted by Crippen LogP contribution is 2.27. The van der Waals surface area contributed by atoms with Gasteiger partial charge in [0.2, 0.25) is 5.75 Å². The molecule has 0 aliphatic rings. The Kier molecular flexibility index (Phi) is 4.45. The Labute approximate surface area is 118 Å². The fourth-order valence-corrected chi connectivity index (χ4v) is 1.53. The third-order valence-corrected chi connectivity index (χ3v) is 2.44. The molecule has 0 aliphatic carbocycles. The van der Waals surface area contributed by atoms with E-state index in [1.165, 1.54) is 0 Å². The van der Waals surface area contributed by atoms with Crippen molar-refractivity contribution in [1.82, 2.24) is 0 Å². The first kappa shape index (κ1) is 14.4. The Balaban J connectivity index is 2.02. The maximum atomic E-state index is 13.1. The van der Waals surface area contributed by atoms with Gasteiger partial charge < -0.3 is 9.47 Å². The molecule has 108 valence electrons. The van der Waals surface area contributed by atoms with E-state index in [1.54, 1.807) is 30.3 Å². The van der Waals surface area contributed by atoms with Crippen molar-refractivity contribution in [2.45, 2.75) is 0 Å². The molecule has 0 heterocycles. The fourth-order valence-electron chi connectivity index (χ4n) is 1.53. The molecule has 0 spiro atoms. The van der Waals surface area contributed by atoms with Gasteiger partial charge in [0.05, 0.1) is 4.92 Å². The lowest BCUT2D eigenvalue weighted by molar-refractivity contribution is -0.385. The summed E-state index contributed by atoms with van der Waals surface area (Å²) in [7, 11) is 0. The number of nitrogens with zero attached hydrogens (tertiary/aromatic N) is 1. The first-order valence-corrected chi connectivity index (χ1v) is 5.89. The number of carbonyl (C=O) groups excluding carboxylic acids is 1. The summed E-state index contributed by atoms with van der Waals surface area (Å²) in [4.78, 5) is 21.6. The van der Waals surface area contributed by atoms with Crippen LogP contribution < -0.4 is 9.47 Å². The number of rotatable bonds is 5. The lowest BCUT2D eigenvalue weighted by Crippen LogP contribution is -2.18. The van der Waals surface area contributed by atoms with E-state index in [0.29, 0.717) is 5.75 Å². The molecule has 0 N–H and O–H groups in total. The number of benzene rings is 2. The number of esters is 1. The van der Waals surface area contributed by atoms with Gasteiger partial charge in [0, 0.05) is 12.1 Å². The average Bonchev–Trinajstić information content (AvgIpc) is 2.46. The van der Waals surface area contributed by atoms with Crippen molar-refractivity contribution in [2.75, 3.05) is 6.61 Å². The van der Waals surface area contributed by atoms with Gasteiger partial charge in [-0.3, -0.25) is 10.1 Å². The number of nitro benzene ring substituents is 1. The molecule has 0 saturated heterocycles. The second-order valence-corrected chi connectivity index (χ2v) is 3.94. The van der Waals surface area contributed by atoms with Gasteiger partial charge in [-0.1, -0.05) is 18.2 Å². The van der Waals surface area contributed by atoms with Gasteiger partial charge in [-0.2, -0.15) is 0 Å². The van der Waals surface area contributed by atoms with Gasteiger partial charge in [-0.15, -0.1) is 0 Å². The van der Waals surface area contributed by atoms with Crippen LogP contribution in [0.1, 0.15) is 0 Å². The van der Waals surface area contributed by atoms with Gasteiger partial charge in [-0.05, 0) is 18.2 Å². The van der Waals surface area contributed by atoms with Gasteiger partial charge in [-0.25, -0.2) is 9.18 Å². The van der Waals surface area contributed by atoms with Crippen LogP contribution in [0.4, 0.5) is 10.1 Å². The van der Waals surface area contributed by atoms with E-state index >= 15 is 0 Å². The number of hydrogen-bond acceptors (Lipinski definition) is 5. The molecule has 2 rings (SSSR count). The van der Waals surface area contributed by atoms with Crippen molar-refractivity contribution < 1.29 is 23.6 Å². The minimum atomic E-state index is -0.868. The van der Waals surface area contributed by atoms with Gasteiger partial charge in [0.15, 0.2) is 6.61 Å². The van der Waals surface area contributed by atoms with Crippen molar-refractivity contribution in [3.8, 4) is 11.5 Å². The van der Waals surface area contributed by atoms with Crippen LogP contribution in [-0.4, -0.2) is 17.5 Å². The third kappa shape index (κ3) is 4.00. The largest absolute Gasteiger partial charge is 0.482 e. The summed E-state index contributed by atoms with van der Waals surface area (Å²) < 4.78 is 23.0. The Morgan fingerprint density at radius 2 is 1.90 bits per heavy atom. The predicted octanol–water partition coefficient (Wildman–Crippen LogP) is 2.72. The number of nitro groups is 1. The van der Waals surface area contributed by atoms with Gasteiger partial charge in [0.1, 0.15) is 11.6 Å². The zero-order chi connectivity index (χ0) is 15.2. The minimum Gasteiger partial charge on any atom is -0.482 e. The van der Waals surface area contributed by atoms with Crippen LogP contribution in [-0.2, 0) is 4.79 Å². The molecule has 0 aliphatic heterocycles. The molecular weight excluding hydrogens is 281 g/mol. The van der Waals surface area contributed by atoms with Crippen LogP contribution in [0.3, 0.4) is 0 Å².